The van der Waals surface area contributed by atoms with E-state index in [1.165, 1.54) is 0 Å². The number of rotatable bonds is 4. The first-order valence-electron chi connectivity index (χ1n) is 7.94. The minimum absolute atomic E-state index is 0.0406. The molecular formula is C18H20N2O3S. The third-order valence-corrected chi connectivity index (χ3v) is 5.29. The average Bonchev–Trinajstić information content (AvgIpc) is 3.15. The zero-order valence-corrected chi connectivity index (χ0v) is 14.6. The lowest BCUT2D eigenvalue weighted by Crippen LogP contribution is -2.21. The topological polar surface area (TPSA) is 58.6 Å². The quantitative estimate of drug-likeness (QED) is 0.670. The van der Waals surface area contributed by atoms with Crippen molar-refractivity contribution in [2.75, 3.05) is 26.0 Å². The molecule has 1 aromatic rings. The fraction of sp³-hybridized carbons (Fsp3) is 0.333. The van der Waals surface area contributed by atoms with Gasteiger partial charge in [0, 0.05) is 37.0 Å². The predicted octanol–water partition coefficient (Wildman–Crippen LogP) is 2.24. The van der Waals surface area contributed by atoms with Gasteiger partial charge < -0.3 is 15.0 Å². The largest absolute Gasteiger partial charge is 0.463 e. The van der Waals surface area contributed by atoms with E-state index in [0.717, 1.165) is 16.3 Å². The van der Waals surface area contributed by atoms with Gasteiger partial charge in [0.2, 0.25) is 5.91 Å². The van der Waals surface area contributed by atoms with Gasteiger partial charge in [-0.3, -0.25) is 4.79 Å². The maximum absolute atomic E-state index is 12.5. The summed E-state index contributed by atoms with van der Waals surface area (Å²) in [4.78, 5) is 26.3. The van der Waals surface area contributed by atoms with Gasteiger partial charge in [-0.1, -0.05) is 30.3 Å². The van der Waals surface area contributed by atoms with Crippen molar-refractivity contribution in [1.29, 1.82) is 0 Å². The minimum atomic E-state index is -0.266. The first kappa shape index (κ1) is 16.6. The van der Waals surface area contributed by atoms with Crippen molar-refractivity contribution in [2.45, 2.75) is 12.8 Å². The molecule has 0 aliphatic carbocycles. The fourth-order valence-electron chi connectivity index (χ4n) is 3.01. The summed E-state index contributed by atoms with van der Waals surface area (Å²) in [6.07, 6.45) is 1.61. The normalized spacial score (nSPS) is 21.2. The van der Waals surface area contributed by atoms with E-state index >= 15 is 0 Å². The Morgan fingerprint density at radius 1 is 1.38 bits per heavy atom. The van der Waals surface area contributed by atoms with Crippen LogP contribution in [0, 0.1) is 0 Å². The lowest BCUT2D eigenvalue weighted by Gasteiger charge is -2.18. The molecule has 2 heterocycles. The van der Waals surface area contributed by atoms with Crippen LogP contribution in [0.5, 0.6) is 0 Å². The third-order valence-electron chi connectivity index (χ3n) is 4.13. The Hall–Kier alpha value is -2.21. The molecule has 1 fully saturated rings. The van der Waals surface area contributed by atoms with Crippen LogP contribution in [0.3, 0.4) is 0 Å². The second-order valence-electron chi connectivity index (χ2n) is 5.55. The number of nitrogens with one attached hydrogen (secondary N) is 1. The summed E-state index contributed by atoms with van der Waals surface area (Å²) in [6, 6.07) is 9.96. The van der Waals surface area contributed by atoms with E-state index in [1.54, 1.807) is 24.9 Å². The van der Waals surface area contributed by atoms with E-state index in [4.69, 9.17) is 4.74 Å². The molecule has 1 saturated heterocycles. The second kappa shape index (κ2) is 7.13. The molecule has 1 amide bonds. The van der Waals surface area contributed by atoms with Gasteiger partial charge in [0.25, 0.3) is 0 Å². The number of likely N-dealkylation sites (N-methyl/N-ethyl adjacent to an activating group) is 1. The molecule has 0 aromatic heterocycles. The van der Waals surface area contributed by atoms with Gasteiger partial charge in [0.15, 0.2) is 0 Å². The number of fused-ring (bicyclic) bond motifs is 1. The number of amides is 1. The van der Waals surface area contributed by atoms with E-state index in [2.05, 4.69) is 10.2 Å². The Balaban J connectivity index is 1.99. The van der Waals surface area contributed by atoms with Gasteiger partial charge in [0.05, 0.1) is 17.2 Å². The molecule has 0 saturated carbocycles. The fourth-order valence-corrected chi connectivity index (χ4v) is 4.27. The van der Waals surface area contributed by atoms with Crippen LogP contribution >= 0.6 is 11.8 Å². The summed E-state index contributed by atoms with van der Waals surface area (Å²) in [5.41, 5.74) is 2.71. The molecule has 2 aliphatic heterocycles. The lowest BCUT2D eigenvalue weighted by atomic mass is 9.93. The highest BCUT2D eigenvalue weighted by Crippen LogP contribution is 2.48. The molecule has 126 valence electrons. The lowest BCUT2D eigenvalue weighted by molar-refractivity contribution is -0.138. The highest BCUT2D eigenvalue weighted by Gasteiger charge is 2.42. The van der Waals surface area contributed by atoms with Gasteiger partial charge in [0.1, 0.15) is 0 Å². The monoisotopic (exact) mass is 344 g/mol. The van der Waals surface area contributed by atoms with E-state index in [9.17, 15) is 9.59 Å². The maximum atomic E-state index is 12.5. The van der Waals surface area contributed by atoms with Crippen molar-refractivity contribution in [3.05, 3.63) is 58.3 Å². The number of nitrogens with zero attached hydrogens (tertiary/aromatic N) is 1. The number of hydrogen-bond acceptors (Lipinski definition) is 5. The number of carbonyl (C=O) groups is 2. The first-order chi connectivity index (χ1) is 11.7. The van der Waals surface area contributed by atoms with Crippen molar-refractivity contribution in [3.63, 3.8) is 0 Å². The molecule has 5 nitrogen and oxygen atoms in total. The highest BCUT2D eigenvalue weighted by atomic mass is 32.2. The van der Waals surface area contributed by atoms with Crippen LogP contribution < -0.4 is 5.32 Å². The van der Waals surface area contributed by atoms with E-state index < -0.39 is 0 Å². The molecule has 1 atom stereocenters. The summed E-state index contributed by atoms with van der Waals surface area (Å²) >= 11 is 1.59. The smallest absolute Gasteiger partial charge is 0.337 e. The Kier molecular flexibility index (Phi) is 4.94. The van der Waals surface area contributed by atoms with Gasteiger partial charge in [-0.05, 0) is 12.5 Å². The highest BCUT2D eigenvalue weighted by molar-refractivity contribution is 8.03. The standard InChI is InChI=1S/C18H20N2O3S/c1-3-23-18(22)16-14(12-7-5-4-6-8-12)10-20-13(9-15(21)19-2)11-24-17(16)20/h4-9,14H,3,10-11H2,1-2H3,(H,19,21)/b13-9+. The van der Waals surface area contributed by atoms with E-state index in [-0.39, 0.29) is 17.8 Å². The van der Waals surface area contributed by atoms with Crippen molar-refractivity contribution >= 4 is 23.6 Å². The number of benzene rings is 1. The van der Waals surface area contributed by atoms with Crippen LogP contribution in [0.4, 0.5) is 0 Å². The molecule has 3 rings (SSSR count). The maximum Gasteiger partial charge on any atom is 0.337 e. The third kappa shape index (κ3) is 3.06. The molecule has 0 bridgehead atoms. The summed E-state index contributed by atoms with van der Waals surface area (Å²) in [5, 5.41) is 3.52. The van der Waals surface area contributed by atoms with Crippen LogP contribution in [0.25, 0.3) is 0 Å². The van der Waals surface area contributed by atoms with Gasteiger partial charge in [-0.15, -0.1) is 11.8 Å². The molecular weight excluding hydrogens is 324 g/mol. The van der Waals surface area contributed by atoms with Crippen LogP contribution in [-0.2, 0) is 14.3 Å². The molecule has 24 heavy (non-hydrogen) atoms. The number of ether oxygens (including phenoxy) is 1. The molecule has 1 N–H and O–H groups in total. The van der Waals surface area contributed by atoms with E-state index in [0.29, 0.717) is 24.5 Å². The van der Waals surface area contributed by atoms with Crippen LogP contribution in [0.1, 0.15) is 18.4 Å². The second-order valence-corrected chi connectivity index (χ2v) is 6.52. The van der Waals surface area contributed by atoms with Crippen molar-refractivity contribution < 1.29 is 14.3 Å². The van der Waals surface area contributed by atoms with Crippen LogP contribution in [0.2, 0.25) is 0 Å². The zero-order chi connectivity index (χ0) is 17.1. The van der Waals surface area contributed by atoms with Crippen LogP contribution in [0.15, 0.2) is 52.7 Å². The summed E-state index contributed by atoms with van der Waals surface area (Å²) < 4.78 is 5.29. The first-order valence-corrected chi connectivity index (χ1v) is 8.93. The predicted molar refractivity (Wildman–Crippen MR) is 94.2 cm³/mol. The Labute approximate surface area is 145 Å². The van der Waals surface area contributed by atoms with Gasteiger partial charge in [-0.25, -0.2) is 4.79 Å². The van der Waals surface area contributed by atoms with Crippen LogP contribution in [-0.4, -0.2) is 42.7 Å². The Bertz CT molecular complexity index is 712. The Morgan fingerprint density at radius 3 is 2.79 bits per heavy atom. The molecule has 0 spiro atoms. The van der Waals surface area contributed by atoms with E-state index in [1.807, 2.05) is 37.3 Å². The molecule has 1 unspecified atom stereocenters. The van der Waals surface area contributed by atoms with Gasteiger partial charge >= 0.3 is 5.97 Å². The Morgan fingerprint density at radius 2 is 2.12 bits per heavy atom. The minimum Gasteiger partial charge on any atom is -0.463 e. The van der Waals surface area contributed by atoms with Crippen molar-refractivity contribution in [2.24, 2.45) is 0 Å². The summed E-state index contributed by atoms with van der Waals surface area (Å²) in [5.74, 6) is 0.249. The number of esters is 1. The summed E-state index contributed by atoms with van der Waals surface area (Å²) in [6.45, 7) is 2.82. The average molecular weight is 344 g/mol. The number of carbonyl (C=O) groups excluding carboxylic acids is 2. The van der Waals surface area contributed by atoms with Gasteiger partial charge in [-0.2, -0.15) is 0 Å². The summed E-state index contributed by atoms with van der Waals surface area (Å²) in [7, 11) is 1.61. The molecule has 1 aromatic carbocycles. The SMILES string of the molecule is CCOC(=O)C1=C2SC/C(=C\C(=O)NC)N2CC1c1ccccc1. The molecule has 0 radical (unpaired) electrons. The molecule has 6 heteroatoms. The molecule has 2 aliphatic rings. The number of thioether (sulfide) groups is 1. The van der Waals surface area contributed by atoms with Crippen molar-refractivity contribution in [1.82, 2.24) is 10.2 Å². The van der Waals surface area contributed by atoms with Crippen molar-refractivity contribution in [3.8, 4) is 0 Å². The number of hydrogen-bond donors (Lipinski definition) is 1. The zero-order valence-electron chi connectivity index (χ0n) is 13.7.